The SMILES string of the molecule is C=C(C)C(CCCOc1cccc2ccc(C3C(=O)c4c(Cl)c(Cl)c(Cl)c(Cl)c4C3=O)nc12)OO. The lowest BCUT2D eigenvalue weighted by Crippen LogP contribution is -2.15. The number of fused-ring (bicyclic) bond motifs is 2. The van der Waals surface area contributed by atoms with E-state index < -0.39 is 23.6 Å². The highest BCUT2D eigenvalue weighted by molar-refractivity contribution is 6.55. The van der Waals surface area contributed by atoms with Gasteiger partial charge in [-0.1, -0.05) is 71.2 Å². The third-order valence-electron chi connectivity index (χ3n) is 5.83. The second-order valence-corrected chi connectivity index (χ2v) is 9.67. The van der Waals surface area contributed by atoms with Crippen LogP contribution in [0.2, 0.25) is 20.1 Å². The van der Waals surface area contributed by atoms with E-state index in [-0.39, 0.29) is 36.9 Å². The number of ether oxygens (including phenoxy) is 1. The summed E-state index contributed by atoms with van der Waals surface area (Å²) in [6, 6.07) is 8.78. The lowest BCUT2D eigenvalue weighted by Gasteiger charge is -2.14. The molecule has 1 aliphatic carbocycles. The summed E-state index contributed by atoms with van der Waals surface area (Å²) in [6.45, 7) is 5.87. The Labute approximate surface area is 221 Å². The maximum atomic E-state index is 13.2. The van der Waals surface area contributed by atoms with Gasteiger partial charge in [0.25, 0.3) is 0 Å². The summed E-state index contributed by atoms with van der Waals surface area (Å²) in [6.07, 6.45) is 0.629. The molecule has 0 bridgehead atoms. The summed E-state index contributed by atoms with van der Waals surface area (Å²) in [5, 5.41) is 9.35. The van der Waals surface area contributed by atoms with Crippen molar-refractivity contribution in [1.82, 2.24) is 4.98 Å². The van der Waals surface area contributed by atoms with E-state index in [1.165, 1.54) is 0 Å². The molecule has 0 saturated heterocycles. The number of carbonyl (C=O) groups excluding carboxylic acids is 2. The highest BCUT2D eigenvalue weighted by Gasteiger charge is 2.45. The van der Waals surface area contributed by atoms with E-state index >= 15 is 0 Å². The molecule has 0 fully saturated rings. The molecule has 35 heavy (non-hydrogen) atoms. The molecule has 1 unspecified atom stereocenters. The molecule has 0 aliphatic heterocycles. The van der Waals surface area contributed by atoms with Gasteiger partial charge in [0.05, 0.1) is 43.5 Å². The second-order valence-electron chi connectivity index (χ2n) is 8.16. The lowest BCUT2D eigenvalue weighted by atomic mass is 9.98. The van der Waals surface area contributed by atoms with Crippen molar-refractivity contribution in [2.75, 3.05) is 6.61 Å². The van der Waals surface area contributed by atoms with Crippen molar-refractivity contribution < 1.29 is 24.5 Å². The third-order valence-corrected chi connectivity index (χ3v) is 7.63. The first kappa shape index (κ1) is 25.9. The fourth-order valence-electron chi connectivity index (χ4n) is 4.02. The zero-order chi connectivity index (χ0) is 25.4. The molecule has 0 radical (unpaired) electrons. The Kier molecular flexibility index (Phi) is 7.71. The topological polar surface area (TPSA) is 85.7 Å². The number of aromatic nitrogens is 1. The van der Waals surface area contributed by atoms with Crippen molar-refractivity contribution in [3.8, 4) is 5.75 Å². The molecule has 6 nitrogen and oxygen atoms in total. The quantitative estimate of drug-likeness (QED) is 0.0586. The van der Waals surface area contributed by atoms with Gasteiger partial charge in [0.2, 0.25) is 0 Å². The fourth-order valence-corrected chi connectivity index (χ4v) is 5.06. The average Bonchev–Trinajstić information content (AvgIpc) is 3.10. The van der Waals surface area contributed by atoms with Crippen LogP contribution >= 0.6 is 46.4 Å². The van der Waals surface area contributed by atoms with Gasteiger partial charge in [-0.25, -0.2) is 9.87 Å². The summed E-state index contributed by atoms with van der Waals surface area (Å²) in [5.74, 6) is -1.84. The van der Waals surface area contributed by atoms with E-state index in [4.69, 9.17) is 56.4 Å². The summed E-state index contributed by atoms with van der Waals surface area (Å²) in [4.78, 5) is 35.5. The molecule has 1 aromatic heterocycles. The van der Waals surface area contributed by atoms with E-state index in [0.717, 1.165) is 5.39 Å². The number of hydrogen-bond acceptors (Lipinski definition) is 6. The molecule has 0 amide bonds. The number of benzene rings is 2. The zero-order valence-corrected chi connectivity index (χ0v) is 21.4. The van der Waals surface area contributed by atoms with Crippen molar-refractivity contribution >= 4 is 68.9 Å². The van der Waals surface area contributed by atoms with E-state index in [1.54, 1.807) is 25.1 Å². The van der Waals surface area contributed by atoms with Crippen molar-refractivity contribution in [3.63, 3.8) is 0 Å². The smallest absolute Gasteiger partial charge is 0.182 e. The zero-order valence-electron chi connectivity index (χ0n) is 18.4. The summed E-state index contributed by atoms with van der Waals surface area (Å²) < 4.78 is 5.92. The first-order valence-corrected chi connectivity index (χ1v) is 12.1. The van der Waals surface area contributed by atoms with Crippen LogP contribution in [-0.4, -0.2) is 34.5 Å². The second kappa shape index (κ2) is 10.4. The number of hydrogen-bond donors (Lipinski definition) is 1. The van der Waals surface area contributed by atoms with Gasteiger partial charge in [-0.05, 0) is 37.5 Å². The average molecular weight is 555 g/mol. The molecule has 2 aromatic carbocycles. The first-order chi connectivity index (χ1) is 16.7. The molecule has 182 valence electrons. The van der Waals surface area contributed by atoms with Crippen LogP contribution in [0.15, 0.2) is 42.5 Å². The van der Waals surface area contributed by atoms with E-state index in [2.05, 4.69) is 16.5 Å². The van der Waals surface area contributed by atoms with Gasteiger partial charge in [-0.2, -0.15) is 0 Å². The molecule has 3 aromatic rings. The molecule has 1 heterocycles. The maximum Gasteiger partial charge on any atom is 0.182 e. The minimum Gasteiger partial charge on any atom is -0.491 e. The van der Waals surface area contributed by atoms with Crippen LogP contribution in [-0.2, 0) is 4.89 Å². The van der Waals surface area contributed by atoms with Gasteiger partial charge >= 0.3 is 0 Å². The van der Waals surface area contributed by atoms with E-state index in [0.29, 0.717) is 36.3 Å². The number of pyridine rings is 1. The number of para-hydroxylation sites is 1. The van der Waals surface area contributed by atoms with Crippen LogP contribution in [0.5, 0.6) is 5.75 Å². The number of rotatable bonds is 8. The Morgan fingerprint density at radius 2 is 1.66 bits per heavy atom. The number of halogens is 4. The molecule has 1 aliphatic rings. The van der Waals surface area contributed by atoms with Crippen molar-refractivity contribution in [1.29, 1.82) is 0 Å². The van der Waals surface area contributed by atoms with Crippen LogP contribution in [0.1, 0.15) is 52.1 Å². The van der Waals surface area contributed by atoms with Crippen LogP contribution in [0.3, 0.4) is 0 Å². The predicted molar refractivity (Wildman–Crippen MR) is 137 cm³/mol. The van der Waals surface area contributed by atoms with Crippen molar-refractivity contribution in [3.05, 3.63) is 79.4 Å². The molecule has 10 heteroatoms. The van der Waals surface area contributed by atoms with Gasteiger partial charge in [0.15, 0.2) is 11.6 Å². The van der Waals surface area contributed by atoms with Crippen molar-refractivity contribution in [2.24, 2.45) is 0 Å². The third kappa shape index (κ3) is 4.67. The van der Waals surface area contributed by atoms with Gasteiger partial charge in [-0.3, -0.25) is 14.8 Å². The molecular weight excluding hydrogens is 536 g/mol. The summed E-state index contributed by atoms with van der Waals surface area (Å²) >= 11 is 24.7. The van der Waals surface area contributed by atoms with E-state index in [9.17, 15) is 9.59 Å². The number of Topliss-reactive ketones (excluding diaryl/α,β-unsaturated/α-hetero) is 2. The standard InChI is InChI=1S/C25H19Cl4NO5/c1-11(2)14(35-33)7-4-10-34-15-6-3-5-12-8-9-13(30-23(12)15)16-24(31)17-18(25(16)32)20(27)22(29)21(28)19(17)26/h3,5-6,8-9,14,16,33H,1,4,7,10H2,2H3. The van der Waals surface area contributed by atoms with Gasteiger partial charge in [0, 0.05) is 5.39 Å². The Hall–Kier alpha value is -2.19. The summed E-state index contributed by atoms with van der Waals surface area (Å²) in [7, 11) is 0. The first-order valence-electron chi connectivity index (χ1n) is 10.6. The molecular formula is C25H19Cl4NO5. The van der Waals surface area contributed by atoms with Gasteiger partial charge < -0.3 is 4.74 Å². The van der Waals surface area contributed by atoms with Crippen LogP contribution in [0, 0.1) is 0 Å². The minimum absolute atomic E-state index is 0.0503. The minimum atomic E-state index is -1.23. The van der Waals surface area contributed by atoms with Crippen molar-refractivity contribution in [2.45, 2.75) is 31.8 Å². The normalized spacial score (nSPS) is 14.5. The highest BCUT2D eigenvalue weighted by atomic mass is 35.5. The van der Waals surface area contributed by atoms with Gasteiger partial charge in [0.1, 0.15) is 23.3 Å². The molecule has 4 rings (SSSR count). The lowest BCUT2D eigenvalue weighted by molar-refractivity contribution is -0.269. The van der Waals surface area contributed by atoms with Crippen LogP contribution in [0.25, 0.3) is 10.9 Å². The largest absolute Gasteiger partial charge is 0.491 e. The van der Waals surface area contributed by atoms with Gasteiger partial charge in [-0.15, -0.1) is 0 Å². The number of carbonyl (C=O) groups is 2. The Morgan fingerprint density at radius 3 is 2.23 bits per heavy atom. The fraction of sp³-hybridized carbons (Fsp3) is 0.240. The van der Waals surface area contributed by atoms with E-state index in [1.807, 2.05) is 12.1 Å². The van der Waals surface area contributed by atoms with Crippen LogP contribution < -0.4 is 4.74 Å². The molecule has 1 N–H and O–H groups in total. The Balaban J connectivity index is 1.64. The molecule has 1 atom stereocenters. The molecule has 0 spiro atoms. The number of ketones is 2. The summed E-state index contributed by atoms with van der Waals surface area (Å²) in [5.41, 5.74) is 1.33. The Morgan fingerprint density at radius 1 is 1.03 bits per heavy atom. The van der Waals surface area contributed by atoms with Crippen LogP contribution in [0.4, 0.5) is 0 Å². The predicted octanol–water partition coefficient (Wildman–Crippen LogP) is 7.60. The highest BCUT2D eigenvalue weighted by Crippen LogP contribution is 2.48. The monoisotopic (exact) mass is 553 g/mol. The molecule has 0 saturated carbocycles. The Bertz CT molecular complexity index is 1330. The maximum absolute atomic E-state index is 13.2. The number of nitrogens with zero attached hydrogens (tertiary/aromatic N) is 1.